The van der Waals surface area contributed by atoms with Gasteiger partial charge in [0.05, 0.1) is 16.9 Å². The summed E-state index contributed by atoms with van der Waals surface area (Å²) in [5.41, 5.74) is 6.60. The molecule has 4 nitrogen and oxygen atoms in total. The van der Waals surface area contributed by atoms with Gasteiger partial charge in [0.25, 0.3) is 0 Å². The first kappa shape index (κ1) is 14.9. The van der Waals surface area contributed by atoms with Gasteiger partial charge >= 0.3 is 0 Å². The maximum absolute atomic E-state index is 13.2. The van der Waals surface area contributed by atoms with Crippen LogP contribution in [0.15, 0.2) is 66.6 Å². The average Bonchev–Trinajstić information content (AvgIpc) is 3.29. The van der Waals surface area contributed by atoms with E-state index >= 15 is 0 Å². The lowest BCUT2D eigenvalue weighted by Gasteiger charge is -2.15. The van der Waals surface area contributed by atoms with E-state index in [2.05, 4.69) is 41.1 Å². The molecule has 123 valence electrons. The summed E-state index contributed by atoms with van der Waals surface area (Å²) in [7, 11) is 2.07. The number of hydrogen-bond acceptors (Lipinski definition) is 3. The van der Waals surface area contributed by atoms with Gasteiger partial charge in [-0.15, -0.1) is 11.1 Å². The molecule has 0 bridgehead atoms. The number of hydrogen-bond donors (Lipinski definition) is 1. The summed E-state index contributed by atoms with van der Waals surface area (Å²) in [5.74, 6) is 1.76. The molecule has 0 amide bonds. The second-order valence-electron chi connectivity index (χ2n) is 6.15. The van der Waals surface area contributed by atoms with Crippen molar-refractivity contribution in [1.29, 1.82) is 0 Å². The fourth-order valence-corrected chi connectivity index (χ4v) is 3.18. The molecule has 0 saturated carbocycles. The zero-order chi connectivity index (χ0) is 17.5. The van der Waals surface area contributed by atoms with Crippen molar-refractivity contribution < 1.29 is 4.39 Å². The third-order valence-electron chi connectivity index (χ3n) is 4.46. The van der Waals surface area contributed by atoms with Crippen LogP contribution in [-0.4, -0.2) is 22.3 Å². The highest BCUT2D eigenvalue weighted by atomic mass is 19.1. The SMILES string of the molecule is Fc1ccc(Nc2cc3c(cc2-n2nnc4ccccc42)[B]C=C3)cc1. The van der Waals surface area contributed by atoms with E-state index in [1.807, 2.05) is 34.9 Å². The van der Waals surface area contributed by atoms with Crippen molar-refractivity contribution in [2.45, 2.75) is 0 Å². The van der Waals surface area contributed by atoms with Gasteiger partial charge in [-0.1, -0.05) is 28.9 Å². The summed E-state index contributed by atoms with van der Waals surface area (Å²) in [6.45, 7) is 0. The van der Waals surface area contributed by atoms with Crippen LogP contribution >= 0.6 is 0 Å². The van der Waals surface area contributed by atoms with E-state index in [0.29, 0.717) is 0 Å². The van der Waals surface area contributed by atoms with Crippen molar-refractivity contribution in [1.82, 2.24) is 15.0 Å². The summed E-state index contributed by atoms with van der Waals surface area (Å²) in [5, 5.41) is 12.0. The van der Waals surface area contributed by atoms with Gasteiger partial charge in [0.15, 0.2) is 7.28 Å². The molecule has 0 unspecified atom stereocenters. The first-order valence-corrected chi connectivity index (χ1v) is 8.31. The van der Waals surface area contributed by atoms with Crippen molar-refractivity contribution in [3.8, 4) is 5.69 Å². The van der Waals surface area contributed by atoms with Gasteiger partial charge in [0.2, 0.25) is 0 Å². The fourth-order valence-electron chi connectivity index (χ4n) is 3.18. The predicted molar refractivity (Wildman–Crippen MR) is 103 cm³/mol. The molecule has 1 aliphatic heterocycles. The Morgan fingerprint density at radius 2 is 1.85 bits per heavy atom. The predicted octanol–water partition coefficient (Wildman–Crippen LogP) is 3.62. The Hall–Kier alpha value is -3.41. The fraction of sp³-hybridized carbons (Fsp3) is 0. The third-order valence-corrected chi connectivity index (χ3v) is 4.46. The molecule has 26 heavy (non-hydrogen) atoms. The van der Waals surface area contributed by atoms with Crippen LogP contribution in [0.25, 0.3) is 22.8 Å². The molecule has 1 aliphatic rings. The molecule has 0 aliphatic carbocycles. The number of para-hydroxylation sites is 1. The van der Waals surface area contributed by atoms with Gasteiger partial charge in [-0.25, -0.2) is 9.07 Å². The smallest absolute Gasteiger partial charge is 0.182 e. The lowest BCUT2D eigenvalue weighted by atomic mass is 9.73. The Morgan fingerprint density at radius 3 is 2.73 bits per heavy atom. The molecule has 0 spiro atoms. The minimum atomic E-state index is -0.260. The summed E-state index contributed by atoms with van der Waals surface area (Å²) >= 11 is 0. The van der Waals surface area contributed by atoms with Crippen LogP contribution < -0.4 is 10.8 Å². The van der Waals surface area contributed by atoms with E-state index in [1.54, 1.807) is 12.1 Å². The second-order valence-corrected chi connectivity index (χ2v) is 6.15. The number of nitrogens with zero attached hydrogens (tertiary/aromatic N) is 3. The molecule has 2 heterocycles. The molecular formula is C20H13BFN4. The number of anilines is 2. The first-order chi connectivity index (χ1) is 12.8. The van der Waals surface area contributed by atoms with Crippen molar-refractivity contribution in [3.05, 3.63) is 78.0 Å². The lowest BCUT2D eigenvalue weighted by molar-refractivity contribution is 0.628. The van der Waals surface area contributed by atoms with Gasteiger partial charge in [-0.2, -0.15) is 0 Å². The van der Waals surface area contributed by atoms with Crippen molar-refractivity contribution in [2.24, 2.45) is 0 Å². The van der Waals surface area contributed by atoms with Crippen LogP contribution in [0.5, 0.6) is 0 Å². The minimum Gasteiger partial charge on any atom is -0.354 e. The van der Waals surface area contributed by atoms with Gasteiger partial charge in [0.1, 0.15) is 11.3 Å². The Morgan fingerprint density at radius 1 is 1.00 bits per heavy atom. The maximum Gasteiger partial charge on any atom is 0.182 e. The standard InChI is InChI=1S/C20H13BFN4/c22-14-5-7-15(8-6-14)23-18-11-13-9-10-21-16(13)12-20(18)26-19-4-2-1-3-17(19)24-25-26/h1-12,23H. The third kappa shape index (κ3) is 2.47. The van der Waals surface area contributed by atoms with Gasteiger partial charge in [-0.05, 0) is 54.1 Å². The number of aromatic nitrogens is 3. The molecule has 5 rings (SSSR count). The second kappa shape index (κ2) is 5.84. The highest BCUT2D eigenvalue weighted by Gasteiger charge is 2.16. The van der Waals surface area contributed by atoms with E-state index in [4.69, 9.17) is 0 Å². The van der Waals surface area contributed by atoms with E-state index in [1.165, 1.54) is 12.1 Å². The number of rotatable bonds is 3. The van der Waals surface area contributed by atoms with E-state index < -0.39 is 0 Å². The molecule has 1 radical (unpaired) electrons. The summed E-state index contributed by atoms with van der Waals surface area (Å²) < 4.78 is 15.0. The largest absolute Gasteiger partial charge is 0.354 e. The Labute approximate surface area is 150 Å². The van der Waals surface area contributed by atoms with Crippen LogP contribution in [0.1, 0.15) is 5.56 Å². The number of fused-ring (bicyclic) bond motifs is 2. The summed E-state index contributed by atoms with van der Waals surface area (Å²) in [4.78, 5) is 0. The number of nitrogens with one attached hydrogen (secondary N) is 1. The molecular weight excluding hydrogens is 326 g/mol. The normalized spacial score (nSPS) is 12.2. The number of benzene rings is 3. The van der Waals surface area contributed by atoms with Crippen LogP contribution in [0.2, 0.25) is 0 Å². The lowest BCUT2D eigenvalue weighted by Crippen LogP contribution is -2.15. The van der Waals surface area contributed by atoms with E-state index in [9.17, 15) is 4.39 Å². The van der Waals surface area contributed by atoms with Crippen LogP contribution in [0.3, 0.4) is 0 Å². The van der Waals surface area contributed by atoms with Crippen LogP contribution in [0.4, 0.5) is 15.8 Å². The quantitative estimate of drug-likeness (QED) is 0.580. The highest BCUT2D eigenvalue weighted by molar-refractivity contribution is 6.62. The Balaban J connectivity index is 1.67. The van der Waals surface area contributed by atoms with Crippen molar-refractivity contribution >= 4 is 41.2 Å². The molecule has 1 N–H and O–H groups in total. The zero-order valence-electron chi connectivity index (χ0n) is 13.7. The summed E-state index contributed by atoms with van der Waals surface area (Å²) in [6.07, 6.45) is 2.06. The van der Waals surface area contributed by atoms with E-state index in [-0.39, 0.29) is 5.82 Å². The van der Waals surface area contributed by atoms with Crippen LogP contribution in [-0.2, 0) is 0 Å². The minimum absolute atomic E-state index is 0.260. The average molecular weight is 339 g/mol. The van der Waals surface area contributed by atoms with Crippen LogP contribution in [0, 0.1) is 5.82 Å². The molecule has 0 atom stereocenters. The molecule has 3 aromatic carbocycles. The van der Waals surface area contributed by atoms with Crippen molar-refractivity contribution in [2.75, 3.05) is 5.32 Å². The molecule has 6 heteroatoms. The summed E-state index contributed by atoms with van der Waals surface area (Å²) in [6, 6.07) is 18.3. The van der Waals surface area contributed by atoms with E-state index in [0.717, 1.165) is 39.1 Å². The number of halogens is 1. The topological polar surface area (TPSA) is 42.7 Å². The highest BCUT2D eigenvalue weighted by Crippen LogP contribution is 2.28. The van der Waals surface area contributed by atoms with Crippen molar-refractivity contribution in [3.63, 3.8) is 0 Å². The molecule has 4 aromatic rings. The first-order valence-electron chi connectivity index (χ1n) is 8.31. The zero-order valence-corrected chi connectivity index (χ0v) is 13.7. The maximum atomic E-state index is 13.2. The molecule has 0 fully saturated rings. The monoisotopic (exact) mass is 339 g/mol. The molecule has 1 aromatic heterocycles. The van der Waals surface area contributed by atoms with Gasteiger partial charge in [-0.3, -0.25) is 0 Å². The molecule has 0 saturated heterocycles. The Bertz CT molecular complexity index is 1150. The Kier molecular flexibility index (Phi) is 3.35. The van der Waals surface area contributed by atoms with Gasteiger partial charge < -0.3 is 5.32 Å². The van der Waals surface area contributed by atoms with Gasteiger partial charge in [0, 0.05) is 5.69 Å².